The number of rotatable bonds is 4. The Morgan fingerprint density at radius 3 is 2.46 bits per heavy atom. The lowest BCUT2D eigenvalue weighted by Gasteiger charge is -2.13. The maximum atomic E-state index is 6.04. The van der Waals surface area contributed by atoms with E-state index in [4.69, 9.17) is 10.7 Å². The maximum Gasteiger partial charge on any atom is 0.154 e. The first-order valence-electron chi connectivity index (χ1n) is 9.62. The van der Waals surface area contributed by atoms with Crippen molar-refractivity contribution in [2.75, 3.05) is 0 Å². The van der Waals surface area contributed by atoms with Crippen LogP contribution >= 0.6 is 0 Å². The number of aryl methyl sites for hydroxylation is 1. The lowest BCUT2D eigenvalue weighted by Crippen LogP contribution is -2.07. The Balaban J connectivity index is 1.96. The zero-order valence-corrected chi connectivity index (χ0v) is 16.7. The molecule has 4 rings (SSSR count). The predicted octanol–water partition coefficient (Wildman–Crippen LogP) is 4.93. The van der Waals surface area contributed by atoms with E-state index in [9.17, 15) is 0 Å². The Hall–Kier alpha value is -3.05. The van der Waals surface area contributed by atoms with Gasteiger partial charge >= 0.3 is 0 Å². The summed E-state index contributed by atoms with van der Waals surface area (Å²) >= 11 is 0. The number of pyridine rings is 2. The molecule has 0 aliphatic carbocycles. The summed E-state index contributed by atoms with van der Waals surface area (Å²) < 4.78 is 1.91. The highest BCUT2D eigenvalue weighted by molar-refractivity contribution is 5.88. The molecule has 142 valence electrons. The molecule has 1 aromatic carbocycles. The molecule has 3 heterocycles. The molecule has 1 unspecified atom stereocenters. The predicted molar refractivity (Wildman–Crippen MR) is 114 cm³/mol. The summed E-state index contributed by atoms with van der Waals surface area (Å²) in [6, 6.07) is 16.3. The number of fused-ring (bicyclic) bond motifs is 1. The zero-order chi connectivity index (χ0) is 19.8. The molecule has 28 heavy (non-hydrogen) atoms. The van der Waals surface area contributed by atoms with Crippen molar-refractivity contribution in [1.82, 2.24) is 19.7 Å². The monoisotopic (exact) mass is 371 g/mol. The van der Waals surface area contributed by atoms with Gasteiger partial charge in [-0.1, -0.05) is 26.0 Å². The van der Waals surface area contributed by atoms with Gasteiger partial charge in [-0.05, 0) is 61.7 Å². The Bertz CT molecular complexity index is 1140. The highest BCUT2D eigenvalue weighted by Gasteiger charge is 2.15. The second-order valence-electron chi connectivity index (χ2n) is 7.58. The van der Waals surface area contributed by atoms with Crippen molar-refractivity contribution in [2.24, 2.45) is 5.73 Å². The van der Waals surface area contributed by atoms with Gasteiger partial charge in [-0.3, -0.25) is 4.98 Å². The van der Waals surface area contributed by atoms with E-state index in [1.807, 2.05) is 61.1 Å². The van der Waals surface area contributed by atoms with Crippen molar-refractivity contribution < 1.29 is 0 Å². The van der Waals surface area contributed by atoms with Crippen molar-refractivity contribution in [3.05, 3.63) is 71.7 Å². The Morgan fingerprint density at radius 1 is 0.964 bits per heavy atom. The number of aromatic nitrogens is 4. The summed E-state index contributed by atoms with van der Waals surface area (Å²) in [5.41, 5.74) is 12.2. The second-order valence-corrected chi connectivity index (χ2v) is 7.58. The van der Waals surface area contributed by atoms with Crippen LogP contribution in [0.25, 0.3) is 28.0 Å². The van der Waals surface area contributed by atoms with Crippen LogP contribution in [-0.4, -0.2) is 19.7 Å². The summed E-state index contributed by atoms with van der Waals surface area (Å²) in [7, 11) is 0. The van der Waals surface area contributed by atoms with E-state index in [-0.39, 0.29) is 6.04 Å². The topological polar surface area (TPSA) is 69.6 Å². The summed E-state index contributed by atoms with van der Waals surface area (Å²) in [5, 5.41) is 5.79. The molecule has 0 spiro atoms. The summed E-state index contributed by atoms with van der Waals surface area (Å²) in [6.07, 6.45) is 1.93. The van der Waals surface area contributed by atoms with E-state index in [2.05, 4.69) is 36.1 Å². The second kappa shape index (κ2) is 7.17. The molecule has 5 heteroatoms. The average molecular weight is 371 g/mol. The van der Waals surface area contributed by atoms with E-state index in [0.29, 0.717) is 5.92 Å². The number of nitrogens with zero attached hydrogens (tertiary/aromatic N) is 4. The molecule has 5 nitrogen and oxygen atoms in total. The Labute approximate surface area is 165 Å². The first kappa shape index (κ1) is 18.3. The minimum absolute atomic E-state index is 0.102. The zero-order valence-electron chi connectivity index (χ0n) is 16.7. The van der Waals surface area contributed by atoms with Gasteiger partial charge in [0.15, 0.2) is 5.82 Å². The molecule has 3 aromatic heterocycles. The molecule has 0 radical (unpaired) electrons. The van der Waals surface area contributed by atoms with Crippen LogP contribution in [-0.2, 0) is 0 Å². The van der Waals surface area contributed by atoms with Crippen LogP contribution in [0.2, 0.25) is 0 Å². The third-order valence-corrected chi connectivity index (χ3v) is 4.97. The minimum atomic E-state index is -0.102. The molecule has 0 saturated carbocycles. The van der Waals surface area contributed by atoms with Crippen molar-refractivity contribution >= 4 is 10.9 Å². The van der Waals surface area contributed by atoms with Crippen molar-refractivity contribution in [3.8, 4) is 17.1 Å². The van der Waals surface area contributed by atoms with Gasteiger partial charge in [0.05, 0.1) is 23.1 Å². The van der Waals surface area contributed by atoms with Gasteiger partial charge in [-0.25, -0.2) is 9.67 Å². The fourth-order valence-corrected chi connectivity index (χ4v) is 3.47. The van der Waals surface area contributed by atoms with Crippen LogP contribution in [0, 0.1) is 6.92 Å². The van der Waals surface area contributed by atoms with Crippen LogP contribution in [0.1, 0.15) is 49.7 Å². The maximum absolute atomic E-state index is 6.04. The quantitative estimate of drug-likeness (QED) is 0.552. The Kier molecular flexibility index (Phi) is 4.69. The number of benzene rings is 1. The third kappa shape index (κ3) is 3.29. The van der Waals surface area contributed by atoms with Crippen molar-refractivity contribution in [3.63, 3.8) is 0 Å². The van der Waals surface area contributed by atoms with Gasteiger partial charge in [-0.2, -0.15) is 5.10 Å². The third-order valence-electron chi connectivity index (χ3n) is 4.97. The fraction of sp³-hybridized carbons (Fsp3) is 0.261. The first-order valence-corrected chi connectivity index (χ1v) is 9.62. The largest absolute Gasteiger partial charge is 0.323 e. The van der Waals surface area contributed by atoms with Crippen LogP contribution in [0.15, 0.2) is 54.7 Å². The van der Waals surface area contributed by atoms with Crippen LogP contribution in [0.4, 0.5) is 0 Å². The van der Waals surface area contributed by atoms with E-state index < -0.39 is 0 Å². The molecule has 0 bridgehead atoms. The number of hydrogen-bond acceptors (Lipinski definition) is 4. The van der Waals surface area contributed by atoms with Gasteiger partial charge in [0.2, 0.25) is 0 Å². The smallest absolute Gasteiger partial charge is 0.154 e. The van der Waals surface area contributed by atoms with Gasteiger partial charge in [-0.15, -0.1) is 0 Å². The normalized spacial score (nSPS) is 12.6. The van der Waals surface area contributed by atoms with Crippen molar-refractivity contribution in [1.29, 1.82) is 0 Å². The standard InChI is InChI=1S/C23H25N5/c1-14(2)18-11-17(21-9-6-8-20(27-21)16(4)24)12-22-19(18)13-25-28(22)23-10-5-7-15(3)26-23/h5-14,16H,24H2,1-4H3. The van der Waals surface area contributed by atoms with Gasteiger partial charge in [0.25, 0.3) is 0 Å². The van der Waals surface area contributed by atoms with Crippen LogP contribution in [0.5, 0.6) is 0 Å². The molecular weight excluding hydrogens is 346 g/mol. The van der Waals surface area contributed by atoms with Gasteiger partial charge < -0.3 is 5.73 Å². The summed E-state index contributed by atoms with van der Waals surface area (Å²) in [6.45, 7) is 8.34. The lowest BCUT2D eigenvalue weighted by molar-refractivity contribution is 0.782. The van der Waals surface area contributed by atoms with E-state index >= 15 is 0 Å². The van der Waals surface area contributed by atoms with Crippen LogP contribution in [0.3, 0.4) is 0 Å². The van der Waals surface area contributed by atoms with E-state index in [0.717, 1.165) is 39.4 Å². The van der Waals surface area contributed by atoms with Crippen molar-refractivity contribution in [2.45, 2.75) is 39.7 Å². The lowest BCUT2D eigenvalue weighted by atomic mass is 9.95. The molecule has 0 fully saturated rings. The molecule has 0 amide bonds. The summed E-state index contributed by atoms with van der Waals surface area (Å²) in [4.78, 5) is 9.43. The van der Waals surface area contributed by atoms with Gasteiger partial charge in [0, 0.05) is 22.7 Å². The highest BCUT2D eigenvalue weighted by atomic mass is 15.3. The molecule has 1 atom stereocenters. The van der Waals surface area contributed by atoms with E-state index in [1.165, 1.54) is 5.56 Å². The molecule has 4 aromatic rings. The van der Waals surface area contributed by atoms with Gasteiger partial charge in [0.1, 0.15) is 0 Å². The fourth-order valence-electron chi connectivity index (χ4n) is 3.47. The number of hydrogen-bond donors (Lipinski definition) is 1. The SMILES string of the molecule is Cc1cccc(-n2ncc3c(C(C)C)cc(-c4cccc(C(C)N)n4)cc32)n1. The van der Waals surface area contributed by atoms with E-state index in [1.54, 1.807) is 0 Å². The highest BCUT2D eigenvalue weighted by Crippen LogP contribution is 2.32. The average Bonchev–Trinajstić information content (AvgIpc) is 3.11. The molecular formula is C23H25N5. The summed E-state index contributed by atoms with van der Waals surface area (Å²) in [5.74, 6) is 1.18. The first-order chi connectivity index (χ1) is 13.4. The molecule has 2 N–H and O–H groups in total. The van der Waals surface area contributed by atoms with Crippen LogP contribution < -0.4 is 5.73 Å². The minimum Gasteiger partial charge on any atom is -0.323 e. The molecule has 0 aliphatic heterocycles. The molecule has 0 saturated heterocycles. The number of nitrogens with two attached hydrogens (primary N) is 1. The Morgan fingerprint density at radius 2 is 1.75 bits per heavy atom. The molecule has 0 aliphatic rings.